The Morgan fingerprint density at radius 3 is 2.34 bits per heavy atom. The van der Waals surface area contributed by atoms with Crippen molar-refractivity contribution >= 4 is 28.5 Å². The van der Waals surface area contributed by atoms with Crippen molar-refractivity contribution in [2.45, 2.75) is 20.8 Å². The number of benzene rings is 3. The Morgan fingerprint density at radius 2 is 1.59 bits per heavy atom. The first kappa shape index (κ1) is 21.2. The van der Waals surface area contributed by atoms with E-state index in [2.05, 4.69) is 5.32 Å². The van der Waals surface area contributed by atoms with E-state index < -0.39 is 5.97 Å². The molecule has 0 aliphatic heterocycles. The smallest absolute Gasteiger partial charge is 0.339 e. The number of hydrogen-bond donors (Lipinski definition) is 1. The van der Waals surface area contributed by atoms with E-state index in [1.165, 1.54) is 0 Å². The van der Waals surface area contributed by atoms with Crippen LogP contribution >= 0.6 is 0 Å². The lowest BCUT2D eigenvalue weighted by Crippen LogP contribution is -2.21. The lowest BCUT2D eigenvalue weighted by atomic mass is 10.0. The van der Waals surface area contributed by atoms with Gasteiger partial charge in [-0.2, -0.15) is 0 Å². The van der Waals surface area contributed by atoms with Crippen LogP contribution < -0.4 is 5.32 Å². The summed E-state index contributed by atoms with van der Waals surface area (Å²) in [5.74, 6) is -0.949. The summed E-state index contributed by atoms with van der Waals surface area (Å²) in [5, 5.41) is 3.48. The number of amides is 1. The Labute approximate surface area is 187 Å². The molecule has 4 aromatic rings. The largest absolute Gasteiger partial charge is 0.452 e. The Hall–Kier alpha value is -3.99. The van der Waals surface area contributed by atoms with Crippen LogP contribution in [0.1, 0.15) is 27.0 Å². The van der Waals surface area contributed by atoms with Crippen LogP contribution in [0.3, 0.4) is 0 Å². The number of carbonyl (C=O) groups is 2. The molecule has 0 atom stereocenters. The third kappa shape index (κ3) is 4.67. The molecule has 0 aliphatic rings. The summed E-state index contributed by atoms with van der Waals surface area (Å²) in [4.78, 5) is 30.0. The lowest BCUT2D eigenvalue weighted by Gasteiger charge is -2.11. The first-order valence-corrected chi connectivity index (χ1v) is 10.4. The van der Waals surface area contributed by atoms with E-state index in [9.17, 15) is 9.59 Å². The van der Waals surface area contributed by atoms with Crippen molar-refractivity contribution in [2.24, 2.45) is 0 Å². The quantitative estimate of drug-likeness (QED) is 0.422. The van der Waals surface area contributed by atoms with Gasteiger partial charge in [0.2, 0.25) is 0 Å². The number of ether oxygens (including phenoxy) is 1. The fraction of sp³-hybridized carbons (Fsp3) is 0.148. The Morgan fingerprint density at radius 1 is 0.875 bits per heavy atom. The van der Waals surface area contributed by atoms with Gasteiger partial charge in [0.1, 0.15) is 0 Å². The van der Waals surface area contributed by atoms with Crippen LogP contribution in [0.4, 0.5) is 5.69 Å². The number of hydrogen-bond acceptors (Lipinski definition) is 4. The predicted octanol–water partition coefficient (Wildman–Crippen LogP) is 5.62. The third-order valence-corrected chi connectivity index (χ3v) is 5.27. The van der Waals surface area contributed by atoms with Crippen molar-refractivity contribution in [1.29, 1.82) is 0 Å². The second-order valence-electron chi connectivity index (χ2n) is 7.88. The van der Waals surface area contributed by atoms with E-state index in [0.717, 1.165) is 22.3 Å². The zero-order valence-corrected chi connectivity index (χ0v) is 18.3. The molecule has 1 N–H and O–H groups in total. The van der Waals surface area contributed by atoms with Crippen molar-refractivity contribution in [1.82, 2.24) is 4.98 Å². The van der Waals surface area contributed by atoms with Crippen molar-refractivity contribution in [3.63, 3.8) is 0 Å². The number of rotatable bonds is 5. The molecule has 32 heavy (non-hydrogen) atoms. The van der Waals surface area contributed by atoms with Gasteiger partial charge in [0, 0.05) is 16.6 Å². The van der Waals surface area contributed by atoms with Crippen LogP contribution in [0.5, 0.6) is 0 Å². The van der Waals surface area contributed by atoms with Crippen LogP contribution in [-0.2, 0) is 9.53 Å². The minimum absolute atomic E-state index is 0.372. The fourth-order valence-electron chi connectivity index (χ4n) is 3.57. The minimum atomic E-state index is -0.562. The van der Waals surface area contributed by atoms with Gasteiger partial charge in [-0.25, -0.2) is 9.78 Å². The molecule has 1 aromatic heterocycles. The molecule has 0 radical (unpaired) electrons. The second kappa shape index (κ2) is 9.02. The maximum atomic E-state index is 12.9. The molecule has 0 bridgehead atoms. The number of nitrogens with zero attached hydrogens (tertiary/aromatic N) is 1. The number of aryl methyl sites for hydroxylation is 3. The minimum Gasteiger partial charge on any atom is -0.452 e. The molecule has 4 rings (SSSR count). The van der Waals surface area contributed by atoms with Crippen molar-refractivity contribution in [2.75, 3.05) is 11.9 Å². The number of fused-ring (bicyclic) bond motifs is 1. The Kier molecular flexibility index (Phi) is 5.99. The van der Waals surface area contributed by atoms with Crippen LogP contribution in [0.25, 0.3) is 22.2 Å². The highest BCUT2D eigenvalue weighted by Crippen LogP contribution is 2.26. The van der Waals surface area contributed by atoms with Gasteiger partial charge in [0.05, 0.1) is 16.8 Å². The third-order valence-electron chi connectivity index (χ3n) is 5.27. The predicted molar refractivity (Wildman–Crippen MR) is 127 cm³/mol. The van der Waals surface area contributed by atoms with Gasteiger partial charge >= 0.3 is 5.97 Å². The molecule has 0 saturated heterocycles. The standard InChI is InChI=1S/C27H24N2O3/c1-17-8-11-20(12-9-17)25-15-22(21-6-4-5-7-24(21)28-25)27(31)32-16-26(30)29-23-13-10-18(2)14-19(23)3/h4-15H,16H2,1-3H3,(H,29,30). The molecule has 3 aromatic carbocycles. The van der Waals surface area contributed by atoms with Gasteiger partial charge in [-0.3, -0.25) is 4.79 Å². The Balaban J connectivity index is 1.56. The molecule has 0 aliphatic carbocycles. The summed E-state index contributed by atoms with van der Waals surface area (Å²) in [6.07, 6.45) is 0. The van der Waals surface area contributed by atoms with Crippen molar-refractivity contribution in [3.8, 4) is 11.3 Å². The van der Waals surface area contributed by atoms with Crippen LogP contribution in [0.15, 0.2) is 72.8 Å². The molecule has 5 heteroatoms. The van der Waals surface area contributed by atoms with Gasteiger partial charge in [-0.15, -0.1) is 0 Å². The molecular weight excluding hydrogens is 400 g/mol. The summed E-state index contributed by atoms with van der Waals surface area (Å²) in [5.41, 5.74) is 6.56. The van der Waals surface area contributed by atoms with E-state index in [1.54, 1.807) is 6.07 Å². The molecule has 0 unspecified atom stereocenters. The number of pyridine rings is 1. The molecule has 1 amide bonds. The van der Waals surface area contributed by atoms with Gasteiger partial charge < -0.3 is 10.1 Å². The number of esters is 1. The molecular formula is C27H24N2O3. The highest BCUT2D eigenvalue weighted by Gasteiger charge is 2.17. The summed E-state index contributed by atoms with van der Waals surface area (Å²) in [6.45, 7) is 5.56. The number of aromatic nitrogens is 1. The zero-order valence-electron chi connectivity index (χ0n) is 18.3. The molecule has 0 saturated carbocycles. The molecule has 1 heterocycles. The van der Waals surface area contributed by atoms with E-state index >= 15 is 0 Å². The van der Waals surface area contributed by atoms with E-state index in [-0.39, 0.29) is 12.5 Å². The summed E-state index contributed by atoms with van der Waals surface area (Å²) in [6, 6.07) is 22.8. The highest BCUT2D eigenvalue weighted by atomic mass is 16.5. The molecule has 5 nitrogen and oxygen atoms in total. The maximum absolute atomic E-state index is 12.9. The highest BCUT2D eigenvalue weighted by molar-refractivity contribution is 6.05. The summed E-state index contributed by atoms with van der Waals surface area (Å²) >= 11 is 0. The van der Waals surface area contributed by atoms with E-state index in [0.29, 0.717) is 27.8 Å². The van der Waals surface area contributed by atoms with Gasteiger partial charge in [-0.05, 0) is 44.5 Å². The lowest BCUT2D eigenvalue weighted by molar-refractivity contribution is -0.119. The Bertz CT molecular complexity index is 1310. The van der Waals surface area contributed by atoms with E-state index in [4.69, 9.17) is 9.72 Å². The molecule has 0 fully saturated rings. The van der Waals surface area contributed by atoms with Crippen LogP contribution in [-0.4, -0.2) is 23.5 Å². The van der Waals surface area contributed by atoms with Gasteiger partial charge in [0.15, 0.2) is 6.61 Å². The average molecular weight is 425 g/mol. The number of anilines is 1. The maximum Gasteiger partial charge on any atom is 0.339 e. The zero-order chi connectivity index (χ0) is 22.7. The number of nitrogens with one attached hydrogen (secondary N) is 1. The first-order valence-electron chi connectivity index (χ1n) is 10.4. The van der Waals surface area contributed by atoms with E-state index in [1.807, 2.05) is 87.5 Å². The number of carbonyl (C=O) groups excluding carboxylic acids is 2. The van der Waals surface area contributed by atoms with Gasteiger partial charge in [-0.1, -0.05) is 65.7 Å². The molecule has 160 valence electrons. The SMILES string of the molecule is Cc1ccc(-c2cc(C(=O)OCC(=O)Nc3ccc(C)cc3C)c3ccccc3n2)cc1. The summed E-state index contributed by atoms with van der Waals surface area (Å²) < 4.78 is 5.37. The van der Waals surface area contributed by atoms with Crippen molar-refractivity contribution in [3.05, 3.63) is 95.1 Å². The second-order valence-corrected chi connectivity index (χ2v) is 7.88. The average Bonchev–Trinajstić information content (AvgIpc) is 2.79. The molecule has 0 spiro atoms. The summed E-state index contributed by atoms with van der Waals surface area (Å²) in [7, 11) is 0. The topological polar surface area (TPSA) is 68.3 Å². The first-order chi connectivity index (χ1) is 15.4. The van der Waals surface area contributed by atoms with Crippen LogP contribution in [0, 0.1) is 20.8 Å². The van der Waals surface area contributed by atoms with Gasteiger partial charge in [0.25, 0.3) is 5.91 Å². The monoisotopic (exact) mass is 424 g/mol. The fourth-order valence-corrected chi connectivity index (χ4v) is 3.57. The van der Waals surface area contributed by atoms with Crippen LogP contribution in [0.2, 0.25) is 0 Å². The number of para-hydroxylation sites is 1. The van der Waals surface area contributed by atoms with Crippen molar-refractivity contribution < 1.29 is 14.3 Å². The normalized spacial score (nSPS) is 10.7.